The van der Waals surface area contributed by atoms with E-state index in [9.17, 15) is 9.59 Å². The molecule has 0 saturated heterocycles. The molecule has 0 aromatic carbocycles. The Kier molecular flexibility index (Phi) is 5.49. The number of carbonyl (C=O) groups is 2. The van der Waals surface area contributed by atoms with Crippen molar-refractivity contribution >= 4 is 11.6 Å². The van der Waals surface area contributed by atoms with Crippen LogP contribution in [-0.4, -0.2) is 24.8 Å². The van der Waals surface area contributed by atoms with E-state index in [1.54, 1.807) is 13.8 Å². The molecule has 2 unspecified atom stereocenters. The minimum absolute atomic E-state index is 0.0889. The molecule has 0 bridgehead atoms. The second-order valence-electron chi connectivity index (χ2n) is 4.77. The Morgan fingerprint density at radius 1 is 1.29 bits per heavy atom. The van der Waals surface area contributed by atoms with Gasteiger partial charge in [0.1, 0.15) is 6.10 Å². The highest BCUT2D eigenvalue weighted by Gasteiger charge is 2.36. The molecule has 0 amide bonds. The quantitative estimate of drug-likeness (QED) is 0.640. The Morgan fingerprint density at radius 2 is 1.76 bits per heavy atom. The van der Waals surface area contributed by atoms with Gasteiger partial charge in [-0.2, -0.15) is 0 Å². The van der Waals surface area contributed by atoms with Gasteiger partial charge < -0.3 is 4.74 Å². The molecule has 0 radical (unpaired) electrons. The fourth-order valence-corrected chi connectivity index (χ4v) is 1.46. The number of ketones is 2. The first kappa shape index (κ1) is 15.8. The highest BCUT2D eigenvalue weighted by Crippen LogP contribution is 2.35. The van der Waals surface area contributed by atoms with Crippen LogP contribution in [0.4, 0.5) is 0 Å². The van der Waals surface area contributed by atoms with Gasteiger partial charge in [0.15, 0.2) is 11.6 Å². The van der Waals surface area contributed by atoms with E-state index in [1.807, 2.05) is 13.8 Å². The second kappa shape index (κ2) is 5.92. The van der Waals surface area contributed by atoms with Gasteiger partial charge in [-0.3, -0.25) is 9.59 Å². The molecule has 0 N–H and O–H groups in total. The molecule has 2 atom stereocenters. The minimum atomic E-state index is -0.602. The fraction of sp³-hybridized carbons (Fsp3) is 0.571. The largest absolute Gasteiger partial charge is 0.374 e. The summed E-state index contributed by atoms with van der Waals surface area (Å²) in [5.41, 5.74) is -0.190. The van der Waals surface area contributed by atoms with Crippen LogP contribution >= 0.6 is 0 Å². The summed E-state index contributed by atoms with van der Waals surface area (Å²) < 4.78 is 4.98. The molecule has 3 heteroatoms. The van der Waals surface area contributed by atoms with Gasteiger partial charge >= 0.3 is 0 Å². The topological polar surface area (TPSA) is 43.4 Å². The summed E-state index contributed by atoms with van der Waals surface area (Å²) in [6.45, 7) is 14.4. The van der Waals surface area contributed by atoms with Crippen molar-refractivity contribution in [1.82, 2.24) is 0 Å². The molecule has 0 aliphatic carbocycles. The van der Waals surface area contributed by atoms with Gasteiger partial charge in [0, 0.05) is 18.4 Å². The Labute approximate surface area is 104 Å². The first-order valence-electron chi connectivity index (χ1n) is 5.62. The highest BCUT2D eigenvalue weighted by molar-refractivity contribution is 6.01. The molecule has 17 heavy (non-hydrogen) atoms. The van der Waals surface area contributed by atoms with Crippen molar-refractivity contribution in [2.45, 2.75) is 33.8 Å². The van der Waals surface area contributed by atoms with Gasteiger partial charge in [-0.05, 0) is 18.6 Å². The molecule has 96 valence electrons. The predicted molar refractivity (Wildman–Crippen MR) is 68.8 cm³/mol. The van der Waals surface area contributed by atoms with Crippen LogP contribution in [0.3, 0.4) is 0 Å². The molecule has 0 fully saturated rings. The maximum atomic E-state index is 12.0. The number of allylic oxidation sites excluding steroid dienone is 1. The standard InChI is InChI=1S/C14H22O3/c1-8-12(15)9(2)14(5,6)10(3)13(16)11(4)17-7/h8-9,11H,1,3H2,2,4-7H3. The van der Waals surface area contributed by atoms with Gasteiger partial charge in [0.05, 0.1) is 0 Å². The number of methoxy groups -OCH3 is 1. The third-order valence-corrected chi connectivity index (χ3v) is 3.51. The van der Waals surface area contributed by atoms with Crippen molar-refractivity contribution in [2.75, 3.05) is 7.11 Å². The van der Waals surface area contributed by atoms with Crippen LogP contribution < -0.4 is 0 Å². The Morgan fingerprint density at radius 3 is 2.12 bits per heavy atom. The van der Waals surface area contributed by atoms with Crippen LogP contribution in [-0.2, 0) is 14.3 Å². The molecule has 0 saturated carbocycles. The lowest BCUT2D eigenvalue weighted by Gasteiger charge is -2.32. The molecular formula is C14H22O3. The van der Waals surface area contributed by atoms with E-state index in [-0.39, 0.29) is 17.5 Å². The van der Waals surface area contributed by atoms with Gasteiger partial charge in [-0.25, -0.2) is 0 Å². The van der Waals surface area contributed by atoms with E-state index in [1.165, 1.54) is 13.2 Å². The molecule has 0 spiro atoms. The van der Waals surface area contributed by atoms with E-state index in [4.69, 9.17) is 4.74 Å². The third kappa shape index (κ3) is 3.37. The molecule has 0 heterocycles. The lowest BCUT2D eigenvalue weighted by Crippen LogP contribution is -2.35. The van der Waals surface area contributed by atoms with E-state index in [2.05, 4.69) is 13.2 Å². The van der Waals surface area contributed by atoms with Gasteiger partial charge in [0.25, 0.3) is 0 Å². The zero-order valence-electron chi connectivity index (χ0n) is 11.4. The zero-order chi connectivity index (χ0) is 13.8. The van der Waals surface area contributed by atoms with Crippen LogP contribution in [0.1, 0.15) is 27.7 Å². The normalized spacial score (nSPS) is 14.9. The summed E-state index contributed by atoms with van der Waals surface area (Å²) in [6, 6.07) is 0. The number of Topliss-reactive ketones (excluding diaryl/α,β-unsaturated/α-hetero) is 1. The number of hydrogen-bond donors (Lipinski definition) is 0. The summed E-state index contributed by atoms with van der Waals surface area (Å²) >= 11 is 0. The number of carbonyl (C=O) groups excluding carboxylic acids is 2. The fourth-order valence-electron chi connectivity index (χ4n) is 1.46. The molecule has 0 aromatic rings. The zero-order valence-corrected chi connectivity index (χ0v) is 11.4. The minimum Gasteiger partial charge on any atom is -0.374 e. The SMILES string of the molecule is C=CC(=O)C(C)C(C)(C)C(=C)C(=O)C(C)OC. The highest BCUT2D eigenvalue weighted by atomic mass is 16.5. The van der Waals surface area contributed by atoms with Crippen LogP contribution in [0.5, 0.6) is 0 Å². The van der Waals surface area contributed by atoms with Crippen molar-refractivity contribution in [3.63, 3.8) is 0 Å². The Hall–Kier alpha value is -1.22. The molecule has 0 aromatic heterocycles. The number of rotatable bonds is 7. The Bertz CT molecular complexity index is 339. The monoisotopic (exact) mass is 238 g/mol. The van der Waals surface area contributed by atoms with Crippen molar-refractivity contribution in [3.05, 3.63) is 24.8 Å². The van der Waals surface area contributed by atoms with E-state index < -0.39 is 11.5 Å². The molecule has 3 nitrogen and oxygen atoms in total. The third-order valence-electron chi connectivity index (χ3n) is 3.51. The average Bonchev–Trinajstić information content (AvgIpc) is 2.33. The lowest BCUT2D eigenvalue weighted by atomic mass is 9.70. The van der Waals surface area contributed by atoms with Gasteiger partial charge in [-0.1, -0.05) is 33.9 Å². The predicted octanol–water partition coefficient (Wildman–Crippen LogP) is 2.56. The van der Waals surface area contributed by atoms with Gasteiger partial charge in [-0.15, -0.1) is 0 Å². The summed E-state index contributed by atoms with van der Waals surface area (Å²) in [7, 11) is 1.47. The first-order chi connectivity index (χ1) is 7.69. The van der Waals surface area contributed by atoms with E-state index in [0.29, 0.717) is 5.57 Å². The van der Waals surface area contributed by atoms with Crippen molar-refractivity contribution in [2.24, 2.45) is 11.3 Å². The summed E-state index contributed by atoms with van der Waals surface area (Å²) in [6.07, 6.45) is 0.747. The Balaban J connectivity index is 5.06. The summed E-state index contributed by atoms with van der Waals surface area (Å²) in [5.74, 6) is -0.587. The van der Waals surface area contributed by atoms with Crippen LogP contribution in [0.2, 0.25) is 0 Å². The molecule has 0 aliphatic heterocycles. The van der Waals surface area contributed by atoms with Crippen LogP contribution in [0, 0.1) is 11.3 Å². The van der Waals surface area contributed by atoms with Crippen molar-refractivity contribution in [1.29, 1.82) is 0 Å². The number of hydrogen-bond acceptors (Lipinski definition) is 3. The lowest BCUT2D eigenvalue weighted by molar-refractivity contribution is -0.126. The van der Waals surface area contributed by atoms with Crippen LogP contribution in [0.25, 0.3) is 0 Å². The maximum Gasteiger partial charge on any atom is 0.187 e. The molecule has 0 aliphatic rings. The van der Waals surface area contributed by atoms with E-state index in [0.717, 1.165) is 0 Å². The first-order valence-corrected chi connectivity index (χ1v) is 5.62. The number of ether oxygens (including phenoxy) is 1. The van der Waals surface area contributed by atoms with Gasteiger partial charge in [0.2, 0.25) is 0 Å². The van der Waals surface area contributed by atoms with Crippen molar-refractivity contribution in [3.8, 4) is 0 Å². The van der Waals surface area contributed by atoms with E-state index >= 15 is 0 Å². The smallest absolute Gasteiger partial charge is 0.187 e. The summed E-state index contributed by atoms with van der Waals surface area (Å²) in [4.78, 5) is 23.6. The average molecular weight is 238 g/mol. The van der Waals surface area contributed by atoms with Crippen molar-refractivity contribution < 1.29 is 14.3 Å². The molecule has 0 rings (SSSR count). The molecular weight excluding hydrogens is 216 g/mol. The second-order valence-corrected chi connectivity index (χ2v) is 4.77. The summed E-state index contributed by atoms with van der Waals surface area (Å²) in [5, 5.41) is 0. The van der Waals surface area contributed by atoms with Crippen LogP contribution in [0.15, 0.2) is 24.8 Å². The maximum absolute atomic E-state index is 12.0.